The summed E-state index contributed by atoms with van der Waals surface area (Å²) in [5.74, 6) is -3.84. The van der Waals surface area contributed by atoms with E-state index in [4.69, 9.17) is 47.4 Å². The van der Waals surface area contributed by atoms with Crippen molar-refractivity contribution in [1.82, 2.24) is 4.90 Å². The van der Waals surface area contributed by atoms with Gasteiger partial charge in [-0.25, -0.2) is 0 Å². The minimum Gasteiger partial charge on any atom is -0.463 e. The van der Waals surface area contributed by atoms with Crippen LogP contribution in [0.1, 0.15) is 64.5 Å². The van der Waals surface area contributed by atoms with Crippen molar-refractivity contribution < 1.29 is 71.3 Å². The smallest absolute Gasteiger partial charge is 0.303 e. The molecule has 330 valence electrons. The zero-order chi connectivity index (χ0) is 44.0. The van der Waals surface area contributed by atoms with Crippen LogP contribution in [-0.2, 0) is 75.0 Å². The van der Waals surface area contributed by atoms with Crippen LogP contribution in [0.2, 0.25) is 0 Å². The molecule has 11 unspecified atom stereocenters. The summed E-state index contributed by atoms with van der Waals surface area (Å²) in [6.07, 6.45) is -12.2. The topological polar surface area (TPSA) is 181 Å². The van der Waals surface area contributed by atoms with Gasteiger partial charge in [-0.15, -0.1) is 0 Å². The summed E-state index contributed by atoms with van der Waals surface area (Å²) in [4.78, 5) is 67.5. The minimum absolute atomic E-state index is 0.0511. The molecule has 4 aromatic rings. The Hall–Kier alpha value is -5.85. The number of rotatable bonds is 14. The maximum Gasteiger partial charge on any atom is 0.303 e. The number of benzene rings is 4. The number of nitrogens with zero attached hydrogens (tertiary/aromatic N) is 1. The van der Waals surface area contributed by atoms with Gasteiger partial charge in [-0.1, -0.05) is 103 Å². The first-order valence-corrected chi connectivity index (χ1v) is 20.6. The molecule has 0 spiro atoms. The summed E-state index contributed by atoms with van der Waals surface area (Å²) in [5, 5.41) is 0. The molecule has 4 aromatic carbocycles. The van der Waals surface area contributed by atoms with E-state index in [0.29, 0.717) is 0 Å². The van der Waals surface area contributed by atoms with Crippen LogP contribution in [-0.4, -0.2) is 109 Å². The van der Waals surface area contributed by atoms with Crippen LogP contribution in [0.3, 0.4) is 0 Å². The highest BCUT2D eigenvalue weighted by Crippen LogP contribution is 2.41. The van der Waals surface area contributed by atoms with Crippen molar-refractivity contribution in [2.45, 2.75) is 102 Å². The number of hydrogen-bond acceptors (Lipinski definition) is 15. The maximum absolute atomic E-state index is 14.4. The van der Waals surface area contributed by atoms with E-state index in [1.165, 1.54) is 19.1 Å². The molecule has 0 N–H and O–H groups in total. The lowest BCUT2D eigenvalue weighted by Gasteiger charge is -2.52. The number of carbonyl (C=O) groups excluding carboxylic acids is 5. The van der Waals surface area contributed by atoms with Crippen molar-refractivity contribution in [2.75, 3.05) is 13.2 Å². The first-order valence-electron chi connectivity index (χ1n) is 20.6. The highest BCUT2D eigenvalue weighted by atomic mass is 16.8. The third kappa shape index (κ3) is 9.87. The SMILES string of the molecule is CC(=O)OCC1OC(OC2C(OCc3ccccc3)OC3COC(c4ccccc4)OC3C2OCc2ccccc2)C(N2C(=O)c3ccccc3C2=O)C(OC(C)=O)C1OC(C)=O. The van der Waals surface area contributed by atoms with Crippen LogP contribution in [0.5, 0.6) is 0 Å². The van der Waals surface area contributed by atoms with Crippen molar-refractivity contribution in [2.24, 2.45) is 0 Å². The van der Waals surface area contributed by atoms with Crippen LogP contribution < -0.4 is 0 Å². The van der Waals surface area contributed by atoms with Gasteiger partial charge in [-0.3, -0.25) is 28.9 Å². The van der Waals surface area contributed by atoms with Gasteiger partial charge in [0.25, 0.3) is 11.8 Å². The number of fused-ring (bicyclic) bond motifs is 2. The monoisotopic (exact) mass is 865 g/mol. The van der Waals surface area contributed by atoms with Crippen LogP contribution in [0.4, 0.5) is 0 Å². The Labute approximate surface area is 363 Å². The second-order valence-electron chi connectivity index (χ2n) is 15.4. The molecule has 16 heteroatoms. The van der Waals surface area contributed by atoms with Crippen LogP contribution >= 0.6 is 0 Å². The zero-order valence-electron chi connectivity index (χ0n) is 34.7. The van der Waals surface area contributed by atoms with E-state index in [1.807, 2.05) is 91.0 Å². The number of carbonyl (C=O) groups is 5. The molecule has 11 atom stereocenters. The lowest BCUT2D eigenvalue weighted by Crippen LogP contribution is -2.70. The van der Waals surface area contributed by atoms with Crippen LogP contribution in [0, 0.1) is 0 Å². The fourth-order valence-electron chi connectivity index (χ4n) is 8.22. The highest BCUT2D eigenvalue weighted by Gasteiger charge is 2.60. The van der Waals surface area contributed by atoms with Gasteiger partial charge >= 0.3 is 17.9 Å². The molecule has 8 rings (SSSR count). The lowest BCUT2D eigenvalue weighted by atomic mass is 9.93. The molecule has 0 saturated carbocycles. The normalized spacial score (nSPS) is 29.0. The molecule has 3 saturated heterocycles. The predicted molar refractivity (Wildman–Crippen MR) is 217 cm³/mol. The average molecular weight is 866 g/mol. The van der Waals surface area contributed by atoms with Crippen molar-refractivity contribution >= 4 is 29.7 Å². The summed E-state index contributed by atoms with van der Waals surface area (Å²) in [5.41, 5.74) is 2.53. The Morgan fingerprint density at radius 1 is 0.603 bits per heavy atom. The number of amides is 2. The molecule has 63 heavy (non-hydrogen) atoms. The number of ether oxygens (including phenoxy) is 10. The summed E-state index contributed by atoms with van der Waals surface area (Å²) < 4.78 is 63.4. The van der Waals surface area contributed by atoms with Gasteiger partial charge < -0.3 is 47.4 Å². The second-order valence-corrected chi connectivity index (χ2v) is 15.4. The molecule has 0 bridgehead atoms. The van der Waals surface area contributed by atoms with E-state index in [-0.39, 0.29) is 30.9 Å². The molecule has 3 fully saturated rings. The Morgan fingerprint density at radius 3 is 1.75 bits per heavy atom. The number of imide groups is 1. The summed E-state index contributed by atoms with van der Waals surface area (Å²) >= 11 is 0. The maximum atomic E-state index is 14.4. The van der Waals surface area contributed by atoms with Crippen molar-refractivity contribution in [3.8, 4) is 0 Å². The largest absolute Gasteiger partial charge is 0.463 e. The van der Waals surface area contributed by atoms with E-state index < -0.39 is 104 Å². The summed E-state index contributed by atoms with van der Waals surface area (Å²) in [6.45, 7) is 3.13. The summed E-state index contributed by atoms with van der Waals surface area (Å²) in [7, 11) is 0. The lowest BCUT2D eigenvalue weighted by molar-refractivity contribution is -0.394. The van der Waals surface area contributed by atoms with Crippen molar-refractivity contribution in [3.05, 3.63) is 143 Å². The highest BCUT2D eigenvalue weighted by molar-refractivity contribution is 6.21. The number of esters is 3. The molecule has 0 aromatic heterocycles. The minimum atomic E-state index is -1.70. The number of hydrogen-bond donors (Lipinski definition) is 0. The van der Waals surface area contributed by atoms with E-state index >= 15 is 0 Å². The first-order chi connectivity index (χ1) is 30.5. The third-order valence-electron chi connectivity index (χ3n) is 11.0. The Morgan fingerprint density at radius 2 is 1.16 bits per heavy atom. The Kier molecular flexibility index (Phi) is 13.7. The zero-order valence-corrected chi connectivity index (χ0v) is 34.7. The van der Waals surface area contributed by atoms with Gasteiger partial charge in [-0.2, -0.15) is 0 Å². The third-order valence-corrected chi connectivity index (χ3v) is 11.0. The first kappa shape index (κ1) is 43.8. The van der Waals surface area contributed by atoms with Gasteiger partial charge in [0.05, 0.1) is 30.9 Å². The summed E-state index contributed by atoms with van der Waals surface area (Å²) in [6, 6.07) is 32.7. The molecule has 4 heterocycles. The fraction of sp³-hybridized carbons (Fsp3) is 0.383. The molecule has 0 aliphatic carbocycles. The molecule has 4 aliphatic heterocycles. The Balaban J connectivity index is 1.24. The molecule has 0 radical (unpaired) electrons. The van der Waals surface area contributed by atoms with Gasteiger partial charge in [0.2, 0.25) is 0 Å². The van der Waals surface area contributed by atoms with Crippen molar-refractivity contribution in [1.29, 1.82) is 0 Å². The van der Waals surface area contributed by atoms with E-state index in [0.717, 1.165) is 35.4 Å². The van der Waals surface area contributed by atoms with Gasteiger partial charge in [0.15, 0.2) is 31.1 Å². The molecular formula is C47H47NO15. The average Bonchev–Trinajstić information content (AvgIpc) is 3.54. The molecule has 2 amide bonds. The van der Waals surface area contributed by atoms with Crippen LogP contribution in [0.15, 0.2) is 115 Å². The van der Waals surface area contributed by atoms with Crippen LogP contribution in [0.25, 0.3) is 0 Å². The molecule has 4 aliphatic rings. The molecular weight excluding hydrogens is 819 g/mol. The Bertz CT molecular complexity index is 2210. The van der Waals surface area contributed by atoms with E-state index in [1.54, 1.807) is 12.1 Å². The van der Waals surface area contributed by atoms with E-state index in [9.17, 15) is 24.0 Å². The quantitative estimate of drug-likeness (QED) is 0.0955. The van der Waals surface area contributed by atoms with Gasteiger partial charge in [0.1, 0.15) is 43.2 Å². The van der Waals surface area contributed by atoms with Crippen molar-refractivity contribution in [3.63, 3.8) is 0 Å². The van der Waals surface area contributed by atoms with Gasteiger partial charge in [0, 0.05) is 26.3 Å². The molecule has 16 nitrogen and oxygen atoms in total. The standard InChI is InChI=1S/C47H47NO15/c1-27(49)54-25-35-38(58-28(2)50)40(59-29(3)51)37(48-43(52)33-21-13-14-22-34(33)44(48)53)46(60-35)63-42-41(55-23-30-15-7-4-8-16-30)39-36(26-57-45(62-39)32-19-11-6-12-20-32)61-47(42)56-24-31-17-9-5-10-18-31/h4-22,35-42,45-47H,23-26H2,1-3H3. The fourth-order valence-corrected chi connectivity index (χ4v) is 8.22. The second kappa shape index (κ2) is 19.7. The van der Waals surface area contributed by atoms with E-state index in [2.05, 4.69) is 0 Å². The van der Waals surface area contributed by atoms with Gasteiger partial charge in [-0.05, 0) is 23.3 Å². The predicted octanol–water partition coefficient (Wildman–Crippen LogP) is 4.83.